The summed E-state index contributed by atoms with van der Waals surface area (Å²) in [6.07, 6.45) is 0. The fourth-order valence-corrected chi connectivity index (χ4v) is 0. The van der Waals surface area contributed by atoms with Crippen molar-refractivity contribution in [2.24, 2.45) is 0 Å². The summed E-state index contributed by atoms with van der Waals surface area (Å²) in [6, 6.07) is 0. The molecule has 0 fully saturated rings. The zero-order valence-electron chi connectivity index (χ0n) is 2.85. The van der Waals surface area contributed by atoms with Gasteiger partial charge in [0.1, 0.15) is 0 Å². The molecule has 0 amide bonds. The monoisotopic (exact) mass is 499 g/mol. The number of alkyl halides is 3. The molecule has 48 valence electrons. The first-order valence-electron chi connectivity index (χ1n) is 1.08. The van der Waals surface area contributed by atoms with Gasteiger partial charge in [-0.1, -0.05) is 0 Å². The molecule has 0 heterocycles. The van der Waals surface area contributed by atoms with Crippen LogP contribution in [0, 0.1) is 0 Å². The van der Waals surface area contributed by atoms with Crippen LogP contribution in [0.2, 0.25) is 0 Å². The Labute approximate surface area is 84.9 Å². The number of halogens is 6. The van der Waals surface area contributed by atoms with Gasteiger partial charge < -0.3 is 0 Å². The Kier molecular flexibility index (Phi) is 5.82. The van der Waals surface area contributed by atoms with Crippen molar-refractivity contribution in [3.8, 4) is 0 Å². The quantitative estimate of drug-likeness (QED) is 0.369. The molecule has 0 spiro atoms. The molecule has 0 aliphatic rings. The van der Waals surface area contributed by atoms with Gasteiger partial charge in [0.25, 0.3) is 0 Å². The maximum atomic E-state index is 5.56. The summed E-state index contributed by atoms with van der Waals surface area (Å²) in [7, 11) is 16.7. The molecule has 7 heavy (non-hydrogen) atoms. The van der Waals surface area contributed by atoms with Gasteiger partial charge in [0.15, 0.2) is 0 Å². The minimum absolute atomic E-state index is 0.215. The van der Waals surface area contributed by atoms with E-state index in [-0.39, 0.29) is -0.0619 Å². The van der Waals surface area contributed by atoms with Crippen molar-refractivity contribution in [3.05, 3.63) is 0 Å². The van der Waals surface area contributed by atoms with E-state index in [1.165, 1.54) is 0 Å². The Hall–Kier alpha value is 3.06. The molecule has 0 atom stereocenters. The van der Waals surface area contributed by atoms with E-state index < -0.39 is 15.0 Å². The van der Waals surface area contributed by atoms with Crippen LogP contribution in [0.1, 0.15) is 0 Å². The molecule has 0 aliphatic heterocycles. The van der Waals surface area contributed by atoms with E-state index in [0.29, 0.717) is 0 Å². The van der Waals surface area contributed by atoms with E-state index in [1.54, 1.807) is 0 Å². The normalized spacial score (nSPS) is 15.1. The van der Waals surface area contributed by atoms with Crippen LogP contribution in [0.25, 0.3) is 0 Å². The van der Waals surface area contributed by atoms with Crippen molar-refractivity contribution in [1.82, 2.24) is 0 Å². The molecule has 0 unspecified atom stereocenters. The van der Waals surface area contributed by atoms with Crippen molar-refractivity contribution >= 4 is 71.9 Å². The molecular weight excluding hydrogens is 499 g/mol. The third-order valence-electron chi connectivity index (χ3n) is 0.187. The van der Waals surface area contributed by atoms with Crippen LogP contribution in [0.15, 0.2) is 0 Å². The van der Waals surface area contributed by atoms with Gasteiger partial charge in [-0.05, 0) is 0 Å². The molecule has 0 aromatic carbocycles. The van der Waals surface area contributed by atoms with Gasteiger partial charge in [0.05, 0.1) is 0 Å². The molecule has 0 bridgehead atoms. The van der Waals surface area contributed by atoms with Gasteiger partial charge in [-0.15, -0.1) is 0 Å². The first-order chi connectivity index (χ1) is 2.94. The molecular formula is CHCl3I3-. The fraction of sp³-hybridized carbons (Fsp3) is 1.00. The summed E-state index contributed by atoms with van der Waals surface area (Å²) in [4.78, 5) is 0. The second kappa shape index (κ2) is 4.05. The predicted molar refractivity (Wildman–Crippen MR) is 49.4 cm³/mol. The van der Waals surface area contributed by atoms with E-state index >= 15 is 0 Å². The SMILES string of the molecule is Cl[I-](Cl)(Cl)C(I)I. The average Bonchev–Trinajstić information content (AvgIpc) is 1.31. The molecule has 0 radical (unpaired) electrons. The van der Waals surface area contributed by atoms with Crippen molar-refractivity contribution in [3.63, 3.8) is 0 Å². The van der Waals surface area contributed by atoms with Crippen molar-refractivity contribution in [2.75, 3.05) is 0 Å². The van der Waals surface area contributed by atoms with Gasteiger partial charge >= 0.3 is 86.9 Å². The topological polar surface area (TPSA) is 0 Å². The van der Waals surface area contributed by atoms with Crippen LogP contribution >= 0.6 is 71.9 Å². The summed E-state index contributed by atoms with van der Waals surface area (Å²) < 4.78 is 0.215. The van der Waals surface area contributed by atoms with Gasteiger partial charge in [-0.2, -0.15) is 0 Å². The Morgan fingerprint density at radius 3 is 1.29 bits per heavy atom. The van der Waals surface area contributed by atoms with E-state index in [9.17, 15) is 0 Å². The molecule has 0 aliphatic carbocycles. The minimum atomic E-state index is -2.71. The molecule has 6 heteroatoms. The first kappa shape index (κ1) is 10.1. The second-order valence-electron chi connectivity index (χ2n) is 0.657. The summed E-state index contributed by atoms with van der Waals surface area (Å²) in [5.41, 5.74) is 0. The molecule has 0 N–H and O–H groups in total. The maximum absolute atomic E-state index is 5.56. The van der Waals surface area contributed by atoms with Crippen LogP contribution in [0.3, 0.4) is 0 Å². The Bertz CT molecular complexity index is 55.7. The standard InChI is InChI=1S/CHCl3I3/c2-7(3,4)1(5)6/h1H/q-1. The van der Waals surface area contributed by atoms with Gasteiger partial charge in [0, 0.05) is 0 Å². The average molecular weight is 500 g/mol. The fourth-order valence-electron chi connectivity index (χ4n) is 0. The van der Waals surface area contributed by atoms with E-state index in [4.69, 9.17) is 26.7 Å². The molecule has 0 nitrogen and oxygen atoms in total. The third kappa shape index (κ3) is 5.50. The van der Waals surface area contributed by atoms with Crippen molar-refractivity contribution < 1.29 is 15.0 Å². The van der Waals surface area contributed by atoms with E-state index in [2.05, 4.69) is 45.2 Å². The molecule has 0 aromatic heterocycles. The zero-order chi connectivity index (χ0) is 6.08. The third-order valence-corrected chi connectivity index (χ3v) is 25.3. The van der Waals surface area contributed by atoms with Gasteiger partial charge in [-0.25, -0.2) is 0 Å². The summed E-state index contributed by atoms with van der Waals surface area (Å²) in [5, 5.41) is 0. The van der Waals surface area contributed by atoms with E-state index in [0.717, 1.165) is 0 Å². The Morgan fingerprint density at radius 1 is 1.14 bits per heavy atom. The zero-order valence-corrected chi connectivity index (χ0v) is 11.6. The number of hydrogen-bond donors (Lipinski definition) is 0. The number of hydrogen-bond acceptors (Lipinski definition) is 0. The summed E-state index contributed by atoms with van der Waals surface area (Å²) >= 11 is 1.53. The second-order valence-corrected chi connectivity index (χ2v) is 25.9. The summed E-state index contributed by atoms with van der Waals surface area (Å²) in [6.45, 7) is 0. The Morgan fingerprint density at radius 2 is 1.29 bits per heavy atom. The molecule has 0 saturated heterocycles. The van der Waals surface area contributed by atoms with Crippen LogP contribution in [-0.4, -0.2) is -0.0619 Å². The first-order valence-corrected chi connectivity index (χ1v) is 13.0. The van der Waals surface area contributed by atoms with Crippen molar-refractivity contribution in [1.29, 1.82) is 0 Å². The van der Waals surface area contributed by atoms with Crippen LogP contribution in [0.4, 0.5) is 0 Å². The van der Waals surface area contributed by atoms with Gasteiger partial charge in [0.2, 0.25) is 0 Å². The van der Waals surface area contributed by atoms with Gasteiger partial charge in [-0.3, -0.25) is 0 Å². The number of rotatable bonds is 1. The summed E-state index contributed by atoms with van der Waals surface area (Å²) in [5.74, 6) is 0. The van der Waals surface area contributed by atoms with E-state index in [1.807, 2.05) is 0 Å². The Balaban J connectivity index is 3.54. The molecule has 0 aromatic rings. The van der Waals surface area contributed by atoms with Crippen LogP contribution in [0.5, 0.6) is 0 Å². The predicted octanol–water partition coefficient (Wildman–Crippen LogP) is 0.762. The molecule has 0 rings (SSSR count). The van der Waals surface area contributed by atoms with Crippen molar-refractivity contribution in [2.45, 2.75) is -0.0619 Å². The van der Waals surface area contributed by atoms with Crippen LogP contribution < -0.4 is 15.0 Å². The van der Waals surface area contributed by atoms with Crippen LogP contribution in [-0.2, 0) is 0 Å². The molecule has 0 saturated carbocycles.